The molecule has 20 heavy (non-hydrogen) atoms. The van der Waals surface area contributed by atoms with Gasteiger partial charge in [-0.05, 0) is 24.7 Å². The highest BCUT2D eigenvalue weighted by atomic mass is 32.2. The molecule has 0 aromatic rings. The molecule has 2 fully saturated rings. The zero-order chi connectivity index (χ0) is 14.8. The molecule has 6 heteroatoms. The summed E-state index contributed by atoms with van der Waals surface area (Å²) in [6.45, 7) is 5.88. The van der Waals surface area contributed by atoms with E-state index in [2.05, 4.69) is 11.8 Å². The van der Waals surface area contributed by atoms with Crippen molar-refractivity contribution in [2.75, 3.05) is 39.0 Å². The molecule has 0 radical (unpaired) electrons. The minimum Gasteiger partial charge on any atom is -0.329 e. The molecule has 5 nitrogen and oxygen atoms in total. The average molecular weight is 303 g/mol. The van der Waals surface area contributed by atoms with Gasteiger partial charge in [-0.3, -0.25) is 4.90 Å². The zero-order valence-corrected chi connectivity index (χ0v) is 13.6. The maximum atomic E-state index is 11.6. The van der Waals surface area contributed by atoms with Crippen molar-refractivity contribution in [3.05, 3.63) is 0 Å². The Bertz CT molecular complexity index is 397. The fourth-order valence-corrected chi connectivity index (χ4v) is 4.50. The Morgan fingerprint density at radius 2 is 1.65 bits per heavy atom. The molecule has 1 aliphatic carbocycles. The highest BCUT2D eigenvalue weighted by molar-refractivity contribution is 7.88. The lowest BCUT2D eigenvalue weighted by Crippen LogP contribution is -2.55. The third-order valence-electron chi connectivity index (χ3n) is 5.06. The molecule has 1 aliphatic heterocycles. The van der Waals surface area contributed by atoms with Gasteiger partial charge in [0.05, 0.1) is 6.26 Å². The zero-order valence-electron chi connectivity index (χ0n) is 12.8. The molecule has 2 rings (SSSR count). The second-order valence-electron chi connectivity index (χ2n) is 6.52. The normalized spacial score (nSPS) is 32.1. The summed E-state index contributed by atoms with van der Waals surface area (Å²) in [4.78, 5) is 2.42. The number of piperazine rings is 1. The van der Waals surface area contributed by atoms with Crippen molar-refractivity contribution in [3.63, 3.8) is 0 Å². The van der Waals surface area contributed by atoms with E-state index in [1.54, 1.807) is 4.31 Å². The predicted molar refractivity (Wildman–Crippen MR) is 82.0 cm³/mol. The monoisotopic (exact) mass is 303 g/mol. The first kappa shape index (κ1) is 16.2. The smallest absolute Gasteiger partial charge is 0.211 e. The quantitative estimate of drug-likeness (QED) is 0.831. The molecule has 1 heterocycles. The van der Waals surface area contributed by atoms with E-state index >= 15 is 0 Å². The van der Waals surface area contributed by atoms with Crippen molar-refractivity contribution in [3.8, 4) is 0 Å². The molecular weight excluding hydrogens is 274 g/mol. The molecule has 1 saturated carbocycles. The van der Waals surface area contributed by atoms with E-state index in [9.17, 15) is 8.42 Å². The molecule has 2 aliphatic rings. The van der Waals surface area contributed by atoms with Crippen LogP contribution in [0.3, 0.4) is 0 Å². The van der Waals surface area contributed by atoms with Gasteiger partial charge in [-0.15, -0.1) is 0 Å². The SMILES string of the molecule is CC1CCC(C(CN)N2CCN(S(C)(=O)=O)CC2)CC1. The van der Waals surface area contributed by atoms with Crippen LogP contribution in [0.1, 0.15) is 32.6 Å². The van der Waals surface area contributed by atoms with Crippen LogP contribution < -0.4 is 5.73 Å². The Morgan fingerprint density at radius 3 is 2.10 bits per heavy atom. The summed E-state index contributed by atoms with van der Waals surface area (Å²) in [5.74, 6) is 1.55. The molecule has 118 valence electrons. The van der Waals surface area contributed by atoms with Gasteiger partial charge < -0.3 is 5.73 Å². The van der Waals surface area contributed by atoms with E-state index in [0.717, 1.165) is 19.0 Å². The topological polar surface area (TPSA) is 66.6 Å². The summed E-state index contributed by atoms with van der Waals surface area (Å²) in [5.41, 5.74) is 6.02. The Balaban J connectivity index is 1.90. The van der Waals surface area contributed by atoms with Crippen LogP contribution in [-0.2, 0) is 10.0 Å². The first-order valence-corrected chi connectivity index (χ1v) is 9.66. The number of nitrogens with two attached hydrogens (primary N) is 1. The average Bonchev–Trinajstić information content (AvgIpc) is 2.41. The third-order valence-corrected chi connectivity index (χ3v) is 6.36. The van der Waals surface area contributed by atoms with E-state index in [1.165, 1.54) is 31.9 Å². The van der Waals surface area contributed by atoms with Gasteiger partial charge >= 0.3 is 0 Å². The highest BCUT2D eigenvalue weighted by Gasteiger charge is 2.32. The van der Waals surface area contributed by atoms with E-state index in [-0.39, 0.29) is 0 Å². The van der Waals surface area contributed by atoms with Gasteiger partial charge in [0.15, 0.2) is 0 Å². The van der Waals surface area contributed by atoms with Crippen LogP contribution in [0.25, 0.3) is 0 Å². The van der Waals surface area contributed by atoms with E-state index in [4.69, 9.17) is 5.73 Å². The molecular formula is C14H29N3O2S. The minimum absolute atomic E-state index is 0.434. The van der Waals surface area contributed by atoms with Crippen LogP contribution in [0.15, 0.2) is 0 Å². The molecule has 0 amide bonds. The van der Waals surface area contributed by atoms with E-state index in [0.29, 0.717) is 31.6 Å². The predicted octanol–water partition coefficient (Wildman–Crippen LogP) is 0.717. The van der Waals surface area contributed by atoms with Gasteiger partial charge in [-0.1, -0.05) is 19.8 Å². The van der Waals surface area contributed by atoms with Crippen LogP contribution in [0, 0.1) is 11.8 Å². The van der Waals surface area contributed by atoms with Crippen LogP contribution in [-0.4, -0.2) is 62.6 Å². The van der Waals surface area contributed by atoms with Gasteiger partial charge in [0.1, 0.15) is 0 Å². The van der Waals surface area contributed by atoms with Gasteiger partial charge in [0, 0.05) is 38.8 Å². The molecule has 0 aromatic carbocycles. The summed E-state index contributed by atoms with van der Waals surface area (Å²) >= 11 is 0. The number of hydrogen-bond donors (Lipinski definition) is 1. The minimum atomic E-state index is -3.04. The van der Waals surface area contributed by atoms with Crippen molar-refractivity contribution in [1.29, 1.82) is 0 Å². The Kier molecular flexibility index (Phi) is 5.45. The fourth-order valence-electron chi connectivity index (χ4n) is 3.68. The molecule has 1 saturated heterocycles. The second-order valence-corrected chi connectivity index (χ2v) is 8.50. The van der Waals surface area contributed by atoms with E-state index < -0.39 is 10.0 Å². The number of hydrogen-bond acceptors (Lipinski definition) is 4. The number of nitrogens with zero attached hydrogens (tertiary/aromatic N) is 2. The van der Waals surface area contributed by atoms with Gasteiger partial charge in [-0.2, -0.15) is 4.31 Å². The second kappa shape index (κ2) is 6.73. The lowest BCUT2D eigenvalue weighted by Gasteiger charge is -2.43. The van der Waals surface area contributed by atoms with Crippen molar-refractivity contribution >= 4 is 10.0 Å². The van der Waals surface area contributed by atoms with Crippen molar-refractivity contribution in [2.24, 2.45) is 17.6 Å². The highest BCUT2D eigenvalue weighted by Crippen LogP contribution is 2.32. The number of rotatable bonds is 4. The molecule has 0 spiro atoms. The van der Waals surface area contributed by atoms with E-state index in [1.807, 2.05) is 0 Å². The standard InChI is InChI=1S/C14H29N3O2S/c1-12-3-5-13(6-4-12)14(11-15)16-7-9-17(10-8-16)20(2,18)19/h12-14H,3-11,15H2,1-2H3. The molecule has 0 aromatic heterocycles. The van der Waals surface area contributed by atoms with Crippen LogP contribution in [0.4, 0.5) is 0 Å². The van der Waals surface area contributed by atoms with Crippen molar-refractivity contribution in [1.82, 2.24) is 9.21 Å². The lowest BCUT2D eigenvalue weighted by molar-refractivity contribution is 0.0811. The van der Waals surface area contributed by atoms with Crippen molar-refractivity contribution in [2.45, 2.75) is 38.6 Å². The Morgan fingerprint density at radius 1 is 1.10 bits per heavy atom. The summed E-state index contributed by atoms with van der Waals surface area (Å²) < 4.78 is 24.7. The first-order chi connectivity index (χ1) is 9.41. The summed E-state index contributed by atoms with van der Waals surface area (Å²) in [7, 11) is -3.04. The van der Waals surface area contributed by atoms with Crippen molar-refractivity contribution < 1.29 is 8.42 Å². The summed E-state index contributed by atoms with van der Waals surface area (Å²) in [5, 5.41) is 0. The van der Waals surface area contributed by atoms with Gasteiger partial charge in [0.2, 0.25) is 10.0 Å². The molecule has 0 bridgehead atoms. The Labute approximate surface area is 123 Å². The summed E-state index contributed by atoms with van der Waals surface area (Å²) in [6, 6.07) is 0.434. The first-order valence-electron chi connectivity index (χ1n) is 7.81. The van der Waals surface area contributed by atoms with Crippen LogP contribution >= 0.6 is 0 Å². The van der Waals surface area contributed by atoms with Crippen LogP contribution in [0.2, 0.25) is 0 Å². The maximum absolute atomic E-state index is 11.6. The van der Waals surface area contributed by atoms with Crippen LogP contribution in [0.5, 0.6) is 0 Å². The lowest BCUT2D eigenvalue weighted by atomic mass is 9.78. The maximum Gasteiger partial charge on any atom is 0.211 e. The number of sulfonamides is 1. The van der Waals surface area contributed by atoms with Gasteiger partial charge in [0.25, 0.3) is 0 Å². The molecule has 2 N–H and O–H groups in total. The third kappa shape index (κ3) is 3.93. The summed E-state index contributed by atoms with van der Waals surface area (Å²) in [6.07, 6.45) is 6.46. The fraction of sp³-hybridized carbons (Fsp3) is 1.00. The van der Waals surface area contributed by atoms with Gasteiger partial charge in [-0.25, -0.2) is 8.42 Å². The largest absolute Gasteiger partial charge is 0.329 e. The molecule has 1 unspecified atom stereocenters. The Hall–Kier alpha value is -0.170. The molecule has 1 atom stereocenters.